The van der Waals surface area contributed by atoms with Crippen LogP contribution in [0.1, 0.15) is 34.9 Å². The van der Waals surface area contributed by atoms with Crippen LogP contribution >= 0.6 is 0 Å². The van der Waals surface area contributed by atoms with Crippen LogP contribution in [0.15, 0.2) is 73.3 Å². The summed E-state index contributed by atoms with van der Waals surface area (Å²) in [5.41, 5.74) is 3.04. The summed E-state index contributed by atoms with van der Waals surface area (Å²) in [7, 11) is 0. The highest BCUT2D eigenvalue weighted by Gasteiger charge is 2.27. The number of nitrogens with zero attached hydrogens (tertiary/aromatic N) is 5. The van der Waals surface area contributed by atoms with Crippen molar-refractivity contribution in [1.29, 1.82) is 0 Å². The van der Waals surface area contributed by atoms with Crippen molar-refractivity contribution in [2.24, 2.45) is 0 Å². The van der Waals surface area contributed by atoms with Crippen molar-refractivity contribution in [2.75, 3.05) is 13.1 Å². The lowest BCUT2D eigenvalue weighted by molar-refractivity contribution is 0.0680. The van der Waals surface area contributed by atoms with E-state index in [9.17, 15) is 4.79 Å². The van der Waals surface area contributed by atoms with Crippen molar-refractivity contribution in [1.82, 2.24) is 24.2 Å². The third-order valence-corrected chi connectivity index (χ3v) is 5.78. The molecule has 2 aromatic carbocycles. The van der Waals surface area contributed by atoms with Gasteiger partial charge in [0.05, 0.1) is 6.04 Å². The van der Waals surface area contributed by atoms with Gasteiger partial charge in [-0.25, -0.2) is 9.67 Å². The summed E-state index contributed by atoms with van der Waals surface area (Å²) in [6.07, 6.45) is 5.13. The first kappa shape index (κ1) is 17.7. The Bertz CT molecular complexity index is 1110. The predicted octanol–water partition coefficient (Wildman–Crippen LogP) is 3.76. The van der Waals surface area contributed by atoms with Gasteiger partial charge in [0.25, 0.3) is 5.91 Å². The van der Waals surface area contributed by atoms with Crippen LogP contribution in [0.2, 0.25) is 0 Å². The molecule has 5 rings (SSSR count). The number of para-hydroxylation sites is 1. The number of carbonyl (C=O) groups is 1. The van der Waals surface area contributed by atoms with E-state index in [-0.39, 0.29) is 5.91 Å². The fourth-order valence-corrected chi connectivity index (χ4v) is 4.23. The first-order valence-electron chi connectivity index (χ1n) is 10.1. The first-order chi connectivity index (χ1) is 14.3. The van der Waals surface area contributed by atoms with Crippen molar-refractivity contribution < 1.29 is 4.79 Å². The number of amides is 1. The Labute approximate surface area is 169 Å². The van der Waals surface area contributed by atoms with Gasteiger partial charge >= 0.3 is 0 Å². The SMILES string of the molecule is O=C(c1cc2ccccc2n1Cc1ccccc1)N1CCC(n2cncn2)CC1. The summed E-state index contributed by atoms with van der Waals surface area (Å²) in [5, 5.41) is 5.36. The Hall–Kier alpha value is -3.41. The zero-order valence-corrected chi connectivity index (χ0v) is 16.2. The predicted molar refractivity (Wildman–Crippen MR) is 112 cm³/mol. The van der Waals surface area contributed by atoms with Crippen molar-refractivity contribution in [2.45, 2.75) is 25.4 Å². The molecule has 3 heterocycles. The van der Waals surface area contributed by atoms with Crippen LogP contribution in [0.25, 0.3) is 10.9 Å². The van der Waals surface area contributed by atoms with E-state index in [0.717, 1.165) is 42.5 Å². The maximum atomic E-state index is 13.4. The zero-order chi connectivity index (χ0) is 19.6. The Kier molecular flexibility index (Phi) is 4.60. The molecule has 0 unspecified atom stereocenters. The van der Waals surface area contributed by atoms with Gasteiger partial charge in [0, 0.05) is 30.5 Å². The summed E-state index contributed by atoms with van der Waals surface area (Å²) in [4.78, 5) is 19.5. The minimum atomic E-state index is 0.106. The monoisotopic (exact) mass is 385 g/mol. The van der Waals surface area contributed by atoms with Crippen LogP contribution in [-0.2, 0) is 6.54 Å². The second-order valence-corrected chi connectivity index (χ2v) is 7.56. The second-order valence-electron chi connectivity index (χ2n) is 7.56. The quantitative estimate of drug-likeness (QED) is 0.537. The van der Waals surface area contributed by atoms with E-state index in [1.54, 1.807) is 12.7 Å². The van der Waals surface area contributed by atoms with Crippen molar-refractivity contribution in [3.8, 4) is 0 Å². The molecule has 0 radical (unpaired) electrons. The average molecular weight is 385 g/mol. The standard InChI is InChI=1S/C23H23N5O/c29-23(26-12-10-20(11-13-26)28-17-24-16-25-28)22-14-19-8-4-5-9-21(19)27(22)15-18-6-2-1-3-7-18/h1-9,14,16-17,20H,10-13,15H2. The molecule has 6 heteroatoms. The van der Waals surface area contributed by atoms with Gasteiger partial charge in [-0.3, -0.25) is 4.79 Å². The number of rotatable bonds is 4. The van der Waals surface area contributed by atoms with Crippen LogP contribution in [0.4, 0.5) is 0 Å². The minimum absolute atomic E-state index is 0.106. The highest BCUT2D eigenvalue weighted by Crippen LogP contribution is 2.26. The van der Waals surface area contributed by atoms with Gasteiger partial charge < -0.3 is 9.47 Å². The molecule has 6 nitrogen and oxygen atoms in total. The molecule has 4 aromatic rings. The number of piperidine rings is 1. The number of hydrogen-bond acceptors (Lipinski definition) is 3. The van der Waals surface area contributed by atoms with E-state index >= 15 is 0 Å². The van der Waals surface area contributed by atoms with Crippen molar-refractivity contribution >= 4 is 16.8 Å². The normalized spacial score (nSPS) is 15.1. The van der Waals surface area contributed by atoms with Crippen LogP contribution in [-0.4, -0.2) is 43.2 Å². The maximum Gasteiger partial charge on any atom is 0.270 e. The summed E-state index contributed by atoms with van der Waals surface area (Å²) in [6, 6.07) is 20.9. The molecule has 0 saturated carbocycles. The molecule has 0 aliphatic carbocycles. The van der Waals surface area contributed by atoms with Gasteiger partial charge in [-0.2, -0.15) is 5.10 Å². The number of benzene rings is 2. The van der Waals surface area contributed by atoms with Gasteiger partial charge in [0.15, 0.2) is 0 Å². The van der Waals surface area contributed by atoms with Crippen molar-refractivity contribution in [3.63, 3.8) is 0 Å². The fourth-order valence-electron chi connectivity index (χ4n) is 4.23. The average Bonchev–Trinajstić information content (AvgIpc) is 3.43. The summed E-state index contributed by atoms with van der Waals surface area (Å²) in [6.45, 7) is 2.15. The highest BCUT2D eigenvalue weighted by atomic mass is 16.2. The molecule has 146 valence electrons. The van der Waals surface area contributed by atoms with Crippen LogP contribution in [0.3, 0.4) is 0 Å². The second kappa shape index (κ2) is 7.54. The number of fused-ring (bicyclic) bond motifs is 1. The fraction of sp³-hybridized carbons (Fsp3) is 0.261. The molecule has 29 heavy (non-hydrogen) atoms. The zero-order valence-electron chi connectivity index (χ0n) is 16.2. The van der Waals surface area contributed by atoms with Gasteiger partial charge in [-0.15, -0.1) is 0 Å². The molecular weight excluding hydrogens is 362 g/mol. The molecule has 0 bridgehead atoms. The van der Waals surface area contributed by atoms with E-state index in [4.69, 9.17) is 0 Å². The lowest BCUT2D eigenvalue weighted by atomic mass is 10.0. The third-order valence-electron chi connectivity index (χ3n) is 5.78. The molecule has 2 aromatic heterocycles. The van der Waals surface area contributed by atoms with E-state index in [1.165, 1.54) is 5.56 Å². The largest absolute Gasteiger partial charge is 0.337 e. The number of hydrogen-bond donors (Lipinski definition) is 0. The Morgan fingerprint density at radius 2 is 1.76 bits per heavy atom. The van der Waals surface area contributed by atoms with E-state index in [1.807, 2.05) is 46.0 Å². The molecule has 1 amide bonds. The topological polar surface area (TPSA) is 56.0 Å². The smallest absolute Gasteiger partial charge is 0.270 e. The van der Waals surface area contributed by atoms with Crippen LogP contribution in [0.5, 0.6) is 0 Å². The van der Waals surface area contributed by atoms with Gasteiger partial charge in [0.2, 0.25) is 0 Å². The summed E-state index contributed by atoms with van der Waals surface area (Å²) >= 11 is 0. The minimum Gasteiger partial charge on any atom is -0.337 e. The number of aromatic nitrogens is 4. The lowest BCUT2D eigenvalue weighted by Gasteiger charge is -2.32. The van der Waals surface area contributed by atoms with Crippen LogP contribution in [0, 0.1) is 0 Å². The van der Waals surface area contributed by atoms with Crippen molar-refractivity contribution in [3.05, 3.63) is 84.6 Å². The molecule has 0 atom stereocenters. The molecule has 1 aliphatic heterocycles. The Morgan fingerprint density at radius 1 is 1.00 bits per heavy atom. The van der Waals surface area contributed by atoms with E-state index < -0.39 is 0 Å². The molecule has 0 N–H and O–H groups in total. The number of likely N-dealkylation sites (tertiary alicyclic amines) is 1. The Balaban J connectivity index is 1.42. The third kappa shape index (κ3) is 3.42. The highest BCUT2D eigenvalue weighted by molar-refractivity contribution is 5.99. The van der Waals surface area contributed by atoms with Gasteiger partial charge in [0.1, 0.15) is 18.3 Å². The summed E-state index contributed by atoms with van der Waals surface area (Å²) < 4.78 is 4.06. The molecule has 1 fully saturated rings. The molecule has 1 aliphatic rings. The lowest BCUT2D eigenvalue weighted by Crippen LogP contribution is -2.40. The first-order valence-corrected chi connectivity index (χ1v) is 10.1. The van der Waals surface area contributed by atoms with Gasteiger partial charge in [-0.05, 0) is 30.5 Å². The number of carbonyl (C=O) groups excluding carboxylic acids is 1. The molecule has 1 saturated heterocycles. The van der Waals surface area contributed by atoms with E-state index in [0.29, 0.717) is 12.6 Å². The maximum absolute atomic E-state index is 13.4. The Morgan fingerprint density at radius 3 is 2.52 bits per heavy atom. The summed E-state index contributed by atoms with van der Waals surface area (Å²) in [5.74, 6) is 0.106. The molecular formula is C23H23N5O. The van der Waals surface area contributed by atoms with E-state index in [2.05, 4.69) is 38.9 Å². The van der Waals surface area contributed by atoms with Gasteiger partial charge in [-0.1, -0.05) is 48.5 Å². The van der Waals surface area contributed by atoms with Crippen LogP contribution < -0.4 is 0 Å². The molecule has 0 spiro atoms.